The van der Waals surface area contributed by atoms with Gasteiger partial charge in [-0.05, 0) is 12.1 Å². The predicted molar refractivity (Wildman–Crippen MR) is 116 cm³/mol. The van der Waals surface area contributed by atoms with Crippen LogP contribution in [0.15, 0.2) is 83.9 Å². The highest BCUT2D eigenvalue weighted by Gasteiger charge is 2.27. The van der Waals surface area contributed by atoms with Crippen molar-refractivity contribution < 1.29 is 14.3 Å². The van der Waals surface area contributed by atoms with Crippen molar-refractivity contribution in [3.8, 4) is 5.75 Å². The first-order chi connectivity index (χ1) is 14.7. The number of ether oxygens (including phenoxy) is 1. The van der Waals surface area contributed by atoms with E-state index >= 15 is 0 Å². The highest BCUT2D eigenvalue weighted by Crippen LogP contribution is 2.24. The molecule has 2 N–H and O–H groups in total. The van der Waals surface area contributed by atoms with Gasteiger partial charge >= 0.3 is 0 Å². The number of hydrogen-bond donors (Lipinski definition) is 2. The molecule has 3 aromatic carbocycles. The molecule has 6 heteroatoms. The number of anilines is 1. The molecule has 3 aromatic rings. The number of carbonyl (C=O) groups is 2. The fraction of sp³-hybridized carbons (Fsp3) is 0.125. The number of amides is 2. The topological polar surface area (TPSA) is 79.8 Å². The number of fused-ring (bicyclic) bond motifs is 1. The number of rotatable bonds is 5. The van der Waals surface area contributed by atoms with Crippen LogP contribution in [0.5, 0.6) is 5.75 Å². The highest BCUT2D eigenvalue weighted by molar-refractivity contribution is 6.19. The van der Waals surface area contributed by atoms with E-state index in [2.05, 4.69) is 15.6 Å². The summed E-state index contributed by atoms with van der Waals surface area (Å²) in [5, 5.41) is 5.62. The average molecular weight is 399 g/mol. The predicted octanol–water partition coefficient (Wildman–Crippen LogP) is 3.17. The standard InChI is InChI=1S/C24H21N3O3/c1-30-20-14-8-5-11-17(20)15-21(28)26-23-24(29)25-19-13-7-6-12-18(19)22(27-23)16-9-3-2-4-10-16/h2-14,23H,15H2,1H3,(H,25,29)(H,26,28). The molecule has 2 amide bonds. The molecular formula is C24H21N3O3. The van der Waals surface area contributed by atoms with Crippen LogP contribution < -0.4 is 15.4 Å². The van der Waals surface area contributed by atoms with Gasteiger partial charge in [0.2, 0.25) is 12.1 Å². The Morgan fingerprint density at radius 3 is 2.50 bits per heavy atom. The first kappa shape index (κ1) is 19.4. The molecule has 150 valence electrons. The highest BCUT2D eigenvalue weighted by atomic mass is 16.5. The Morgan fingerprint density at radius 2 is 1.70 bits per heavy atom. The molecule has 0 radical (unpaired) electrons. The fourth-order valence-corrected chi connectivity index (χ4v) is 3.41. The Morgan fingerprint density at radius 1 is 1.00 bits per heavy atom. The second-order valence-electron chi connectivity index (χ2n) is 6.84. The number of carbonyl (C=O) groups excluding carboxylic acids is 2. The number of aliphatic imine (C=N–C) groups is 1. The Labute approximate surface area is 174 Å². The lowest BCUT2D eigenvalue weighted by atomic mass is 10.0. The van der Waals surface area contributed by atoms with Crippen LogP contribution in [0.3, 0.4) is 0 Å². The van der Waals surface area contributed by atoms with E-state index in [4.69, 9.17) is 4.74 Å². The smallest absolute Gasteiger partial charge is 0.269 e. The second-order valence-corrected chi connectivity index (χ2v) is 6.84. The Bertz CT molecular complexity index is 1110. The van der Waals surface area contributed by atoms with Gasteiger partial charge in [-0.1, -0.05) is 66.7 Å². The summed E-state index contributed by atoms with van der Waals surface area (Å²) in [5.74, 6) is -0.0811. The molecule has 0 aliphatic carbocycles. The first-order valence-electron chi connectivity index (χ1n) is 9.60. The maximum absolute atomic E-state index is 12.8. The minimum atomic E-state index is -1.05. The lowest BCUT2D eigenvalue weighted by Crippen LogP contribution is -2.43. The maximum atomic E-state index is 12.8. The fourth-order valence-electron chi connectivity index (χ4n) is 3.41. The monoisotopic (exact) mass is 399 g/mol. The molecular weight excluding hydrogens is 378 g/mol. The Balaban J connectivity index is 1.64. The molecule has 0 bridgehead atoms. The largest absolute Gasteiger partial charge is 0.496 e. The number of benzene rings is 3. The molecule has 4 rings (SSSR count). The van der Waals surface area contributed by atoms with Gasteiger partial charge in [0.15, 0.2) is 0 Å². The van der Waals surface area contributed by atoms with E-state index in [0.29, 0.717) is 17.1 Å². The van der Waals surface area contributed by atoms with Gasteiger partial charge in [0, 0.05) is 16.7 Å². The van der Waals surface area contributed by atoms with Crippen LogP contribution >= 0.6 is 0 Å². The van der Waals surface area contributed by atoms with Gasteiger partial charge in [0.25, 0.3) is 5.91 Å². The first-order valence-corrected chi connectivity index (χ1v) is 9.60. The Hall–Kier alpha value is -3.93. The van der Waals surface area contributed by atoms with Crippen LogP contribution in [0, 0.1) is 0 Å². The molecule has 0 aromatic heterocycles. The summed E-state index contributed by atoms with van der Waals surface area (Å²) in [6.45, 7) is 0. The van der Waals surface area contributed by atoms with E-state index in [9.17, 15) is 9.59 Å². The third-order valence-electron chi connectivity index (χ3n) is 4.84. The zero-order valence-corrected chi connectivity index (χ0v) is 16.5. The van der Waals surface area contributed by atoms with E-state index in [1.807, 2.05) is 72.8 Å². The molecule has 1 heterocycles. The van der Waals surface area contributed by atoms with Crippen molar-refractivity contribution in [1.82, 2.24) is 5.32 Å². The molecule has 0 saturated carbocycles. The third kappa shape index (κ3) is 4.07. The van der Waals surface area contributed by atoms with Crippen LogP contribution in [0.25, 0.3) is 0 Å². The van der Waals surface area contributed by atoms with Crippen LogP contribution in [-0.2, 0) is 16.0 Å². The van der Waals surface area contributed by atoms with Crippen LogP contribution in [0.4, 0.5) is 5.69 Å². The van der Waals surface area contributed by atoms with Crippen molar-refractivity contribution in [3.05, 3.63) is 95.6 Å². The van der Waals surface area contributed by atoms with Gasteiger partial charge in [-0.15, -0.1) is 0 Å². The van der Waals surface area contributed by atoms with Crippen molar-refractivity contribution in [2.45, 2.75) is 12.6 Å². The molecule has 30 heavy (non-hydrogen) atoms. The van der Waals surface area contributed by atoms with Gasteiger partial charge in [0.05, 0.1) is 24.9 Å². The van der Waals surface area contributed by atoms with E-state index in [0.717, 1.165) is 16.7 Å². The summed E-state index contributed by atoms with van der Waals surface area (Å²) in [7, 11) is 1.56. The molecule has 1 atom stereocenters. The normalized spacial score (nSPS) is 15.3. The quantitative estimate of drug-likeness (QED) is 0.692. The molecule has 0 spiro atoms. The van der Waals surface area contributed by atoms with Crippen LogP contribution in [0.2, 0.25) is 0 Å². The van der Waals surface area contributed by atoms with Crippen LogP contribution in [0.1, 0.15) is 16.7 Å². The van der Waals surface area contributed by atoms with E-state index in [-0.39, 0.29) is 18.2 Å². The lowest BCUT2D eigenvalue weighted by molar-refractivity contribution is -0.125. The third-order valence-corrected chi connectivity index (χ3v) is 4.84. The summed E-state index contributed by atoms with van der Waals surface area (Å²) in [5.41, 5.74) is 3.71. The molecule has 1 aliphatic rings. The van der Waals surface area contributed by atoms with E-state index in [1.165, 1.54) is 0 Å². The molecule has 1 aliphatic heterocycles. The minimum absolute atomic E-state index is 0.0803. The van der Waals surface area contributed by atoms with Gasteiger partial charge < -0.3 is 15.4 Å². The number of hydrogen-bond acceptors (Lipinski definition) is 4. The van der Waals surface area contributed by atoms with Gasteiger partial charge in [-0.2, -0.15) is 0 Å². The number of para-hydroxylation sites is 2. The maximum Gasteiger partial charge on any atom is 0.269 e. The van der Waals surface area contributed by atoms with Gasteiger partial charge in [-0.25, -0.2) is 4.99 Å². The lowest BCUT2D eigenvalue weighted by Gasteiger charge is -2.14. The number of nitrogens with one attached hydrogen (secondary N) is 2. The molecule has 1 unspecified atom stereocenters. The van der Waals surface area contributed by atoms with E-state index < -0.39 is 6.17 Å². The zero-order chi connectivity index (χ0) is 20.9. The summed E-state index contributed by atoms with van der Waals surface area (Å²) in [6, 6.07) is 24.4. The summed E-state index contributed by atoms with van der Waals surface area (Å²) < 4.78 is 5.31. The molecule has 0 saturated heterocycles. The summed E-state index contributed by atoms with van der Waals surface area (Å²) in [4.78, 5) is 30.1. The minimum Gasteiger partial charge on any atom is -0.496 e. The van der Waals surface area contributed by atoms with Crippen molar-refractivity contribution >= 4 is 23.2 Å². The van der Waals surface area contributed by atoms with E-state index in [1.54, 1.807) is 13.2 Å². The zero-order valence-electron chi connectivity index (χ0n) is 16.5. The SMILES string of the molecule is COc1ccccc1CC(=O)NC1N=C(c2ccccc2)c2ccccc2NC1=O. The van der Waals surface area contributed by atoms with Gasteiger partial charge in [0.1, 0.15) is 5.75 Å². The molecule has 0 fully saturated rings. The van der Waals surface area contributed by atoms with Gasteiger partial charge in [-0.3, -0.25) is 9.59 Å². The number of benzodiazepines with no additional fused rings is 1. The molecule has 6 nitrogen and oxygen atoms in total. The van der Waals surface area contributed by atoms with Crippen molar-refractivity contribution in [2.75, 3.05) is 12.4 Å². The number of nitrogens with zero attached hydrogens (tertiary/aromatic N) is 1. The summed E-state index contributed by atoms with van der Waals surface area (Å²) >= 11 is 0. The van der Waals surface area contributed by atoms with Crippen molar-refractivity contribution in [3.63, 3.8) is 0 Å². The van der Waals surface area contributed by atoms with Crippen molar-refractivity contribution in [1.29, 1.82) is 0 Å². The number of methoxy groups -OCH3 is 1. The van der Waals surface area contributed by atoms with Crippen LogP contribution in [-0.4, -0.2) is 30.8 Å². The average Bonchev–Trinajstić information content (AvgIpc) is 2.91. The second kappa shape index (κ2) is 8.61. The summed E-state index contributed by atoms with van der Waals surface area (Å²) in [6.07, 6.45) is -0.966. The Kier molecular flexibility index (Phi) is 5.57. The van der Waals surface area contributed by atoms with Crippen molar-refractivity contribution in [2.24, 2.45) is 4.99 Å².